The van der Waals surface area contributed by atoms with Crippen molar-refractivity contribution in [2.45, 2.75) is 42.6 Å². The number of benzene rings is 1. The van der Waals surface area contributed by atoms with E-state index in [2.05, 4.69) is 6.08 Å². The lowest BCUT2D eigenvalue weighted by Crippen LogP contribution is -2.43. The summed E-state index contributed by atoms with van der Waals surface area (Å²) in [6.45, 7) is 0.925. The molecule has 0 bridgehead atoms. The second-order valence-corrected chi connectivity index (χ2v) is 8.07. The molecule has 1 atom stereocenters. The lowest BCUT2D eigenvalue weighted by atomic mass is 9.80. The van der Waals surface area contributed by atoms with Crippen LogP contribution >= 0.6 is 0 Å². The summed E-state index contributed by atoms with van der Waals surface area (Å²) in [5, 5.41) is 0. The van der Waals surface area contributed by atoms with Gasteiger partial charge < -0.3 is 9.47 Å². The van der Waals surface area contributed by atoms with Crippen molar-refractivity contribution in [1.29, 1.82) is 0 Å². The maximum absolute atomic E-state index is 12.4. The fraction of sp³-hybridized carbons (Fsp3) is 0.529. The first-order valence-electron chi connectivity index (χ1n) is 7.81. The summed E-state index contributed by atoms with van der Waals surface area (Å²) in [5.41, 5.74) is 0.907. The normalized spacial score (nSPS) is 25.4. The van der Waals surface area contributed by atoms with E-state index < -0.39 is 9.84 Å². The summed E-state index contributed by atoms with van der Waals surface area (Å²) in [4.78, 5) is 0.403. The van der Waals surface area contributed by atoms with E-state index in [0.717, 1.165) is 25.7 Å². The monoisotopic (exact) mass is 322 g/mol. The minimum Gasteiger partial charge on any atom is -0.351 e. The molecule has 1 aliphatic heterocycles. The second kappa shape index (κ2) is 6.52. The van der Waals surface area contributed by atoms with Crippen molar-refractivity contribution < 1.29 is 17.9 Å². The molecule has 3 rings (SSSR count). The van der Waals surface area contributed by atoms with Crippen molar-refractivity contribution in [3.8, 4) is 0 Å². The Kier molecular flexibility index (Phi) is 4.66. The number of ether oxygens (including phenoxy) is 2. The maximum Gasteiger partial charge on any atom is 0.178 e. The number of allylic oxidation sites excluding steroid dienone is 1. The molecule has 2 aliphatic rings. The van der Waals surface area contributed by atoms with Crippen LogP contribution in [0.5, 0.6) is 0 Å². The van der Waals surface area contributed by atoms with Gasteiger partial charge in [0.25, 0.3) is 0 Å². The van der Waals surface area contributed by atoms with E-state index in [1.807, 2.05) is 6.07 Å². The highest BCUT2D eigenvalue weighted by molar-refractivity contribution is 7.91. The minimum absolute atomic E-state index is 0.163. The van der Waals surface area contributed by atoms with Gasteiger partial charge in [-0.3, -0.25) is 0 Å². The van der Waals surface area contributed by atoms with E-state index in [0.29, 0.717) is 24.7 Å². The first-order valence-corrected chi connectivity index (χ1v) is 9.47. The van der Waals surface area contributed by atoms with Gasteiger partial charge in [0.2, 0.25) is 0 Å². The van der Waals surface area contributed by atoms with Crippen LogP contribution in [-0.2, 0) is 19.3 Å². The van der Waals surface area contributed by atoms with Gasteiger partial charge in [-0.2, -0.15) is 0 Å². The highest BCUT2D eigenvalue weighted by Crippen LogP contribution is 2.39. The molecule has 22 heavy (non-hydrogen) atoms. The summed E-state index contributed by atoms with van der Waals surface area (Å²) < 4.78 is 36.0. The molecule has 0 saturated carbocycles. The Bertz CT molecular complexity index is 636. The largest absolute Gasteiger partial charge is 0.351 e. The van der Waals surface area contributed by atoms with Gasteiger partial charge in [-0.05, 0) is 49.8 Å². The van der Waals surface area contributed by atoms with Crippen LogP contribution in [0.3, 0.4) is 0 Å². The van der Waals surface area contributed by atoms with Gasteiger partial charge in [0, 0.05) is 0 Å². The third kappa shape index (κ3) is 3.26. The smallest absolute Gasteiger partial charge is 0.178 e. The van der Waals surface area contributed by atoms with E-state index in [-0.39, 0.29) is 11.4 Å². The lowest BCUT2D eigenvalue weighted by molar-refractivity contribution is -0.167. The Labute approximate surface area is 132 Å². The second-order valence-electron chi connectivity index (χ2n) is 5.96. The Morgan fingerprint density at radius 2 is 2.00 bits per heavy atom. The fourth-order valence-corrected chi connectivity index (χ4v) is 4.65. The summed E-state index contributed by atoms with van der Waals surface area (Å²) >= 11 is 0. The van der Waals surface area contributed by atoms with Crippen LogP contribution < -0.4 is 0 Å². The van der Waals surface area contributed by atoms with Crippen LogP contribution in [0.4, 0.5) is 0 Å². The summed E-state index contributed by atoms with van der Waals surface area (Å²) in [6.07, 6.45) is 6.67. The molecule has 1 aromatic rings. The van der Waals surface area contributed by atoms with Crippen LogP contribution in [-0.4, -0.2) is 33.2 Å². The standard InChI is InChI=1S/C17H22O4S/c18-22(19,16-8-2-1-3-9-16)12-6-11-17-10-5-4-7-15(17)13-20-14-21-17/h1-3,7-9H,4-6,10-14H2/t17-/m1/s1. The molecule has 0 amide bonds. The molecule has 0 unspecified atom stereocenters. The van der Waals surface area contributed by atoms with Crippen LogP contribution in [0.2, 0.25) is 0 Å². The number of hydrogen-bond donors (Lipinski definition) is 0. The summed E-state index contributed by atoms with van der Waals surface area (Å²) in [5.74, 6) is 0.163. The SMILES string of the molecule is O=S(=O)(CCC[C@]12CCCC=C1COCO2)c1ccccc1. The summed E-state index contributed by atoms with van der Waals surface area (Å²) in [7, 11) is -3.21. The first-order chi connectivity index (χ1) is 10.6. The van der Waals surface area contributed by atoms with Crippen molar-refractivity contribution in [3.05, 3.63) is 42.0 Å². The first kappa shape index (κ1) is 15.7. The molecule has 0 aromatic heterocycles. The van der Waals surface area contributed by atoms with E-state index in [1.165, 1.54) is 5.57 Å². The molecular formula is C17H22O4S. The quantitative estimate of drug-likeness (QED) is 0.782. The zero-order valence-corrected chi connectivity index (χ0v) is 13.5. The summed E-state index contributed by atoms with van der Waals surface area (Å²) in [6, 6.07) is 8.66. The Balaban J connectivity index is 1.65. The topological polar surface area (TPSA) is 52.6 Å². The highest BCUT2D eigenvalue weighted by Gasteiger charge is 2.39. The maximum atomic E-state index is 12.4. The molecule has 1 heterocycles. The van der Waals surface area contributed by atoms with Gasteiger partial charge in [-0.25, -0.2) is 8.42 Å². The van der Waals surface area contributed by atoms with Gasteiger partial charge in [0.15, 0.2) is 9.84 Å². The van der Waals surface area contributed by atoms with Crippen molar-refractivity contribution in [2.24, 2.45) is 0 Å². The fourth-order valence-electron chi connectivity index (χ4n) is 3.32. The van der Waals surface area contributed by atoms with Gasteiger partial charge >= 0.3 is 0 Å². The van der Waals surface area contributed by atoms with Gasteiger partial charge in [0.1, 0.15) is 6.79 Å². The number of fused-ring (bicyclic) bond motifs is 1. The van der Waals surface area contributed by atoms with E-state index in [9.17, 15) is 8.42 Å². The van der Waals surface area contributed by atoms with Crippen molar-refractivity contribution in [3.63, 3.8) is 0 Å². The molecule has 5 heteroatoms. The molecule has 4 nitrogen and oxygen atoms in total. The minimum atomic E-state index is -3.21. The van der Waals surface area contributed by atoms with Crippen LogP contribution in [0.15, 0.2) is 46.9 Å². The Morgan fingerprint density at radius 1 is 1.18 bits per heavy atom. The van der Waals surface area contributed by atoms with Crippen molar-refractivity contribution in [1.82, 2.24) is 0 Å². The molecular weight excluding hydrogens is 300 g/mol. The van der Waals surface area contributed by atoms with E-state index >= 15 is 0 Å². The van der Waals surface area contributed by atoms with Crippen LogP contribution in [0.1, 0.15) is 32.1 Å². The average molecular weight is 322 g/mol. The number of hydrogen-bond acceptors (Lipinski definition) is 4. The molecule has 0 N–H and O–H groups in total. The van der Waals surface area contributed by atoms with Crippen LogP contribution in [0.25, 0.3) is 0 Å². The molecule has 0 spiro atoms. The van der Waals surface area contributed by atoms with Crippen LogP contribution in [0, 0.1) is 0 Å². The van der Waals surface area contributed by atoms with E-state index in [4.69, 9.17) is 9.47 Å². The molecule has 120 valence electrons. The number of rotatable bonds is 5. The average Bonchev–Trinajstić information content (AvgIpc) is 2.55. The number of sulfone groups is 1. The molecule has 1 aromatic carbocycles. The van der Waals surface area contributed by atoms with E-state index in [1.54, 1.807) is 24.3 Å². The zero-order valence-electron chi connectivity index (χ0n) is 12.7. The third-order valence-electron chi connectivity index (χ3n) is 4.53. The molecule has 1 aliphatic carbocycles. The molecule has 0 radical (unpaired) electrons. The van der Waals surface area contributed by atoms with Gasteiger partial charge in [-0.15, -0.1) is 0 Å². The van der Waals surface area contributed by atoms with Crippen molar-refractivity contribution in [2.75, 3.05) is 19.2 Å². The third-order valence-corrected chi connectivity index (χ3v) is 6.35. The zero-order chi connectivity index (χ0) is 15.5. The highest BCUT2D eigenvalue weighted by atomic mass is 32.2. The molecule has 1 fully saturated rings. The van der Waals surface area contributed by atoms with Gasteiger partial charge in [0.05, 0.1) is 22.9 Å². The van der Waals surface area contributed by atoms with Gasteiger partial charge in [-0.1, -0.05) is 24.3 Å². The lowest BCUT2D eigenvalue weighted by Gasteiger charge is -2.42. The van der Waals surface area contributed by atoms with Crippen molar-refractivity contribution >= 4 is 9.84 Å². The predicted molar refractivity (Wildman–Crippen MR) is 84.3 cm³/mol. The Hall–Kier alpha value is -1.17. The molecule has 1 saturated heterocycles. The Morgan fingerprint density at radius 3 is 2.82 bits per heavy atom. The predicted octanol–water partition coefficient (Wildman–Crippen LogP) is 3.09.